The summed E-state index contributed by atoms with van der Waals surface area (Å²) in [6.45, 7) is 0. The number of pyridine rings is 1. The minimum Gasteiger partial charge on any atom is -0.497 e. The molecule has 0 atom stereocenters. The van der Waals surface area contributed by atoms with Crippen molar-refractivity contribution in [1.29, 1.82) is 0 Å². The minimum atomic E-state index is -0.307. The number of carbonyl (C=O) groups excluding carboxylic acids is 1. The number of benzene rings is 2. The van der Waals surface area contributed by atoms with Crippen molar-refractivity contribution < 1.29 is 9.53 Å². The molecular weight excluding hydrogens is 476 g/mol. The zero-order valence-corrected chi connectivity index (χ0v) is 19.7. The number of ether oxygens (including phenoxy) is 1. The highest BCUT2D eigenvalue weighted by molar-refractivity contribution is 7.21. The van der Waals surface area contributed by atoms with Gasteiger partial charge >= 0.3 is 0 Å². The highest BCUT2D eigenvalue weighted by Crippen LogP contribution is 2.35. The van der Waals surface area contributed by atoms with Crippen LogP contribution in [0.2, 0.25) is 5.02 Å². The van der Waals surface area contributed by atoms with Gasteiger partial charge < -0.3 is 10.5 Å². The first-order valence-corrected chi connectivity index (χ1v) is 12.0. The molecule has 0 aliphatic heterocycles. The van der Waals surface area contributed by atoms with Gasteiger partial charge in [0.2, 0.25) is 0 Å². The molecule has 0 fully saturated rings. The molecule has 3 aromatic heterocycles. The topological polar surface area (TPSA) is 90.1 Å². The Morgan fingerprint density at radius 3 is 2.39 bits per heavy atom. The van der Waals surface area contributed by atoms with E-state index in [-0.39, 0.29) is 5.91 Å². The van der Waals surface area contributed by atoms with Gasteiger partial charge in [-0.15, -0.1) is 22.7 Å². The number of thiophene rings is 1. The number of carbonyl (C=O) groups is 1. The molecule has 3 N–H and O–H groups in total. The van der Waals surface area contributed by atoms with Crippen LogP contribution in [0.5, 0.6) is 5.75 Å². The summed E-state index contributed by atoms with van der Waals surface area (Å²) in [6, 6.07) is 18.8. The second kappa shape index (κ2) is 8.82. The van der Waals surface area contributed by atoms with E-state index in [1.807, 2.05) is 53.9 Å². The lowest BCUT2D eigenvalue weighted by Gasteiger charge is -2.03. The molecule has 6 nitrogen and oxygen atoms in total. The highest BCUT2D eigenvalue weighted by Gasteiger charge is 2.19. The molecule has 0 aliphatic rings. The number of rotatable bonds is 5. The smallest absolute Gasteiger partial charge is 0.269 e. The molecule has 2 aromatic carbocycles. The number of fused-ring (bicyclic) bond motifs is 1. The van der Waals surface area contributed by atoms with E-state index in [0.717, 1.165) is 33.7 Å². The molecule has 0 saturated carbocycles. The highest BCUT2D eigenvalue weighted by atomic mass is 35.5. The van der Waals surface area contributed by atoms with Gasteiger partial charge in [0.25, 0.3) is 5.91 Å². The fourth-order valence-electron chi connectivity index (χ4n) is 3.33. The zero-order chi connectivity index (χ0) is 22.9. The van der Waals surface area contributed by atoms with Crippen molar-refractivity contribution in [3.8, 4) is 28.3 Å². The Morgan fingerprint density at radius 2 is 1.67 bits per heavy atom. The van der Waals surface area contributed by atoms with Crippen LogP contribution in [-0.2, 0) is 0 Å². The van der Waals surface area contributed by atoms with Crippen LogP contribution >= 0.6 is 34.3 Å². The number of aromatic nitrogens is 2. The number of halogens is 1. The second-order valence-electron chi connectivity index (χ2n) is 7.12. The average molecular weight is 493 g/mol. The van der Waals surface area contributed by atoms with Crippen molar-refractivity contribution in [3.63, 3.8) is 0 Å². The molecule has 1 amide bonds. The molecule has 5 rings (SSSR count). The van der Waals surface area contributed by atoms with Crippen molar-refractivity contribution in [2.24, 2.45) is 0 Å². The van der Waals surface area contributed by atoms with Gasteiger partial charge in [-0.3, -0.25) is 10.1 Å². The summed E-state index contributed by atoms with van der Waals surface area (Å²) in [5.41, 5.74) is 10.1. The number of thiazole rings is 1. The number of nitrogens with zero attached hydrogens (tertiary/aromatic N) is 2. The van der Waals surface area contributed by atoms with Crippen molar-refractivity contribution in [2.75, 3.05) is 18.2 Å². The lowest BCUT2D eigenvalue weighted by molar-refractivity contribution is 0.103. The van der Waals surface area contributed by atoms with Gasteiger partial charge in [-0.05, 0) is 48.5 Å². The first-order valence-electron chi connectivity index (χ1n) is 9.88. The molecule has 0 radical (unpaired) electrons. The first-order chi connectivity index (χ1) is 16.0. The molecular formula is C24H17ClN4O2S2. The number of hydrogen-bond donors (Lipinski definition) is 2. The van der Waals surface area contributed by atoms with Gasteiger partial charge in [0.1, 0.15) is 15.5 Å². The number of methoxy groups -OCH3 is 1. The quantitative estimate of drug-likeness (QED) is 0.289. The van der Waals surface area contributed by atoms with E-state index in [1.165, 1.54) is 22.7 Å². The van der Waals surface area contributed by atoms with Crippen LogP contribution in [-0.4, -0.2) is 23.0 Å². The van der Waals surface area contributed by atoms with Gasteiger partial charge in [0, 0.05) is 26.9 Å². The van der Waals surface area contributed by atoms with Crippen molar-refractivity contribution in [1.82, 2.24) is 9.97 Å². The number of nitrogens with one attached hydrogen (secondary N) is 1. The van der Waals surface area contributed by atoms with Crippen molar-refractivity contribution >= 4 is 61.2 Å². The third-order valence-corrected chi connectivity index (χ3v) is 7.17. The Labute approximate surface area is 202 Å². The first kappa shape index (κ1) is 21.4. The number of nitrogens with two attached hydrogens (primary N) is 1. The SMILES string of the molecule is COc1ccc(-c2ccc3c(N)c(C(=O)Nc4nc(-c5ccc(Cl)cc5)cs4)sc3n2)cc1. The van der Waals surface area contributed by atoms with E-state index in [9.17, 15) is 4.79 Å². The predicted octanol–water partition coefficient (Wildman–Crippen LogP) is 6.58. The summed E-state index contributed by atoms with van der Waals surface area (Å²) in [4.78, 5) is 23.3. The van der Waals surface area contributed by atoms with Crippen LogP contribution < -0.4 is 15.8 Å². The third-order valence-electron chi connectivity index (χ3n) is 5.05. The van der Waals surface area contributed by atoms with Crippen molar-refractivity contribution in [3.05, 3.63) is 75.9 Å². The van der Waals surface area contributed by atoms with Crippen LogP contribution in [0.1, 0.15) is 9.67 Å². The standard InChI is InChI=1S/C24H17ClN4O2S2/c1-31-16-8-4-13(5-9-16)18-11-10-17-20(26)21(33-23(17)27-18)22(30)29-24-28-19(12-32-24)14-2-6-15(25)7-3-14/h2-12H,26H2,1H3,(H,28,29,30). The molecule has 3 heterocycles. The summed E-state index contributed by atoms with van der Waals surface area (Å²) in [5, 5.41) is 6.64. The van der Waals surface area contributed by atoms with Crippen LogP contribution in [0.25, 0.3) is 32.7 Å². The van der Waals surface area contributed by atoms with Gasteiger partial charge in [0.15, 0.2) is 5.13 Å². The fraction of sp³-hybridized carbons (Fsp3) is 0.0417. The Balaban J connectivity index is 1.39. The Hall–Kier alpha value is -3.46. The Bertz CT molecular complexity index is 1460. The number of hydrogen-bond acceptors (Lipinski definition) is 7. The molecule has 9 heteroatoms. The van der Waals surface area contributed by atoms with Crippen LogP contribution in [0.15, 0.2) is 66.0 Å². The number of amides is 1. The zero-order valence-electron chi connectivity index (χ0n) is 17.3. The second-order valence-corrected chi connectivity index (χ2v) is 9.42. The normalized spacial score (nSPS) is 11.0. The van der Waals surface area contributed by atoms with E-state index in [4.69, 9.17) is 27.1 Å². The molecule has 33 heavy (non-hydrogen) atoms. The van der Waals surface area contributed by atoms with Gasteiger partial charge in [-0.2, -0.15) is 0 Å². The molecule has 0 aliphatic carbocycles. The van der Waals surface area contributed by atoms with Crippen LogP contribution in [0.3, 0.4) is 0 Å². The fourth-order valence-corrected chi connectivity index (χ4v) is 5.16. The van der Waals surface area contributed by atoms with E-state index in [2.05, 4.69) is 10.3 Å². The maximum atomic E-state index is 12.9. The van der Waals surface area contributed by atoms with E-state index in [1.54, 1.807) is 19.2 Å². The monoisotopic (exact) mass is 492 g/mol. The summed E-state index contributed by atoms with van der Waals surface area (Å²) in [6.07, 6.45) is 0. The lowest BCUT2D eigenvalue weighted by Crippen LogP contribution is -2.11. The van der Waals surface area contributed by atoms with Gasteiger partial charge in [-0.25, -0.2) is 9.97 Å². The largest absolute Gasteiger partial charge is 0.497 e. The number of nitrogen functional groups attached to an aromatic ring is 1. The summed E-state index contributed by atoms with van der Waals surface area (Å²) in [5.74, 6) is 0.471. The summed E-state index contributed by atoms with van der Waals surface area (Å²) >= 11 is 8.56. The molecule has 0 spiro atoms. The molecule has 0 bridgehead atoms. The summed E-state index contributed by atoms with van der Waals surface area (Å²) in [7, 11) is 1.63. The molecule has 5 aromatic rings. The van der Waals surface area contributed by atoms with Crippen LogP contribution in [0, 0.1) is 0 Å². The van der Waals surface area contributed by atoms with E-state index < -0.39 is 0 Å². The maximum Gasteiger partial charge on any atom is 0.269 e. The molecule has 0 unspecified atom stereocenters. The van der Waals surface area contributed by atoms with E-state index in [0.29, 0.717) is 25.5 Å². The van der Waals surface area contributed by atoms with Gasteiger partial charge in [-0.1, -0.05) is 23.7 Å². The Morgan fingerprint density at radius 1 is 0.970 bits per heavy atom. The van der Waals surface area contributed by atoms with Crippen LogP contribution in [0.4, 0.5) is 10.8 Å². The van der Waals surface area contributed by atoms with E-state index >= 15 is 0 Å². The minimum absolute atomic E-state index is 0.307. The Kier molecular flexibility index (Phi) is 5.72. The third kappa shape index (κ3) is 4.28. The average Bonchev–Trinajstić information content (AvgIpc) is 3.44. The lowest BCUT2D eigenvalue weighted by atomic mass is 10.1. The predicted molar refractivity (Wildman–Crippen MR) is 137 cm³/mol. The van der Waals surface area contributed by atoms with Gasteiger partial charge in [0.05, 0.1) is 24.2 Å². The van der Waals surface area contributed by atoms with Crippen molar-refractivity contribution in [2.45, 2.75) is 0 Å². The number of anilines is 2. The molecule has 164 valence electrons. The molecule has 0 saturated heterocycles. The maximum absolute atomic E-state index is 12.9. The summed E-state index contributed by atoms with van der Waals surface area (Å²) < 4.78 is 5.21.